The first-order valence-electron chi connectivity index (χ1n) is 8.07. The average molecular weight is 336 g/mol. The van der Waals surface area contributed by atoms with Crippen molar-refractivity contribution < 1.29 is 14.3 Å². The zero-order chi connectivity index (χ0) is 17.8. The third-order valence-electron chi connectivity index (χ3n) is 4.22. The van der Waals surface area contributed by atoms with Gasteiger partial charge in [0.05, 0.1) is 12.7 Å². The molecular weight excluding hydrogens is 316 g/mol. The van der Waals surface area contributed by atoms with Crippen LogP contribution in [0.4, 0.5) is 0 Å². The summed E-state index contributed by atoms with van der Waals surface area (Å²) >= 11 is 0. The summed E-state index contributed by atoms with van der Waals surface area (Å²) in [6.45, 7) is 0. The molecule has 1 heterocycles. The van der Waals surface area contributed by atoms with E-state index < -0.39 is 12.0 Å². The fourth-order valence-corrected chi connectivity index (χ4v) is 2.94. The number of aromatic nitrogens is 1. The van der Waals surface area contributed by atoms with Crippen LogP contribution >= 0.6 is 0 Å². The molecule has 5 heteroatoms. The lowest BCUT2D eigenvalue weighted by molar-refractivity contribution is -0.142. The van der Waals surface area contributed by atoms with Gasteiger partial charge in [-0.25, -0.2) is 4.79 Å². The third kappa shape index (κ3) is 3.55. The van der Waals surface area contributed by atoms with Gasteiger partial charge in [0.2, 0.25) is 0 Å². The minimum Gasteiger partial charge on any atom is -0.467 e. The van der Waals surface area contributed by atoms with Crippen molar-refractivity contribution in [3.8, 4) is 0 Å². The Labute approximate surface area is 146 Å². The van der Waals surface area contributed by atoms with E-state index in [4.69, 9.17) is 4.74 Å². The van der Waals surface area contributed by atoms with Gasteiger partial charge in [0.1, 0.15) is 6.04 Å². The highest BCUT2D eigenvalue weighted by Crippen LogP contribution is 2.20. The molecule has 0 radical (unpaired) electrons. The van der Waals surface area contributed by atoms with Crippen molar-refractivity contribution in [1.82, 2.24) is 9.88 Å². The maximum absolute atomic E-state index is 12.8. The standard InChI is InChI=1S/C20H20N2O3/c1-22-13-16(15-10-6-7-11-18(15)22)19(23)21-17(20(24)25-2)12-14-8-4-3-5-9-14/h3-11,13,17H,12H2,1-2H3,(H,21,23)/t17-/m1/s1. The van der Waals surface area contributed by atoms with Gasteiger partial charge in [-0.2, -0.15) is 0 Å². The highest BCUT2D eigenvalue weighted by molar-refractivity contribution is 6.08. The van der Waals surface area contributed by atoms with Crippen molar-refractivity contribution in [2.75, 3.05) is 7.11 Å². The molecule has 0 aliphatic carbocycles. The van der Waals surface area contributed by atoms with E-state index in [1.165, 1.54) is 7.11 Å². The summed E-state index contributed by atoms with van der Waals surface area (Å²) in [5.74, 6) is -0.749. The number of hydrogen-bond donors (Lipinski definition) is 1. The summed E-state index contributed by atoms with van der Waals surface area (Å²) in [5.41, 5.74) is 2.46. The van der Waals surface area contributed by atoms with Crippen LogP contribution < -0.4 is 5.32 Å². The number of benzene rings is 2. The van der Waals surface area contributed by atoms with Crippen LogP contribution in [0.2, 0.25) is 0 Å². The Balaban J connectivity index is 1.85. The van der Waals surface area contributed by atoms with Gasteiger partial charge in [0.25, 0.3) is 5.91 Å². The predicted octanol–water partition coefficient (Wildman–Crippen LogP) is 2.69. The molecule has 3 aromatic rings. The number of nitrogens with one attached hydrogen (secondary N) is 1. The van der Waals surface area contributed by atoms with Crippen molar-refractivity contribution >= 4 is 22.8 Å². The summed E-state index contributed by atoms with van der Waals surface area (Å²) in [5, 5.41) is 3.66. The Morgan fingerprint density at radius 1 is 1.08 bits per heavy atom. The zero-order valence-corrected chi connectivity index (χ0v) is 14.2. The Morgan fingerprint density at radius 2 is 1.76 bits per heavy atom. The molecule has 0 fully saturated rings. The molecule has 1 aromatic heterocycles. The lowest BCUT2D eigenvalue weighted by atomic mass is 10.1. The van der Waals surface area contributed by atoms with Crippen LogP contribution in [-0.4, -0.2) is 29.6 Å². The maximum atomic E-state index is 12.8. The quantitative estimate of drug-likeness (QED) is 0.729. The molecule has 0 spiro atoms. The van der Waals surface area contributed by atoms with Gasteiger partial charge < -0.3 is 14.6 Å². The van der Waals surface area contributed by atoms with Crippen LogP contribution in [0, 0.1) is 0 Å². The molecule has 128 valence electrons. The second-order valence-corrected chi connectivity index (χ2v) is 5.91. The molecule has 1 atom stereocenters. The first-order chi connectivity index (χ1) is 12.1. The second kappa shape index (κ2) is 7.21. The van der Waals surface area contributed by atoms with Crippen molar-refractivity contribution in [2.24, 2.45) is 7.05 Å². The Morgan fingerprint density at radius 3 is 2.48 bits per heavy atom. The average Bonchev–Trinajstić information content (AvgIpc) is 2.98. The van der Waals surface area contributed by atoms with E-state index in [0.29, 0.717) is 12.0 Å². The molecule has 25 heavy (non-hydrogen) atoms. The van der Waals surface area contributed by atoms with Crippen LogP contribution in [-0.2, 0) is 23.0 Å². The van der Waals surface area contributed by atoms with E-state index in [1.807, 2.05) is 66.2 Å². The highest BCUT2D eigenvalue weighted by Gasteiger charge is 2.24. The summed E-state index contributed by atoms with van der Waals surface area (Å²) in [4.78, 5) is 24.9. The molecule has 3 rings (SSSR count). The molecule has 1 N–H and O–H groups in total. The van der Waals surface area contributed by atoms with E-state index >= 15 is 0 Å². The summed E-state index contributed by atoms with van der Waals surface area (Å²) < 4.78 is 6.75. The van der Waals surface area contributed by atoms with Gasteiger partial charge in [-0.15, -0.1) is 0 Å². The molecule has 0 aliphatic heterocycles. The van der Waals surface area contributed by atoms with Crippen molar-refractivity contribution in [2.45, 2.75) is 12.5 Å². The normalized spacial score (nSPS) is 11.9. The van der Waals surface area contributed by atoms with Gasteiger partial charge in [0, 0.05) is 30.6 Å². The molecule has 0 saturated carbocycles. The molecule has 5 nitrogen and oxygen atoms in total. The number of carbonyl (C=O) groups is 2. The molecule has 0 bridgehead atoms. The molecular formula is C20H20N2O3. The SMILES string of the molecule is COC(=O)[C@@H](Cc1ccccc1)NC(=O)c1cn(C)c2ccccc12. The van der Waals surface area contributed by atoms with Crippen molar-refractivity contribution in [3.63, 3.8) is 0 Å². The molecule has 0 unspecified atom stereocenters. The monoisotopic (exact) mass is 336 g/mol. The van der Waals surface area contributed by atoms with Crippen LogP contribution in [0.3, 0.4) is 0 Å². The summed E-state index contributed by atoms with van der Waals surface area (Å²) in [7, 11) is 3.21. The van der Waals surface area contributed by atoms with Crippen molar-refractivity contribution in [3.05, 3.63) is 71.9 Å². The van der Waals surface area contributed by atoms with Crippen molar-refractivity contribution in [1.29, 1.82) is 0 Å². The fraction of sp³-hybridized carbons (Fsp3) is 0.200. The van der Waals surface area contributed by atoms with Gasteiger partial charge in [-0.05, 0) is 11.6 Å². The third-order valence-corrected chi connectivity index (χ3v) is 4.22. The lowest BCUT2D eigenvalue weighted by Crippen LogP contribution is -2.43. The number of para-hydroxylation sites is 1. The van der Waals surface area contributed by atoms with E-state index in [0.717, 1.165) is 16.5 Å². The van der Waals surface area contributed by atoms with Crippen LogP contribution in [0.5, 0.6) is 0 Å². The Bertz CT molecular complexity index is 900. The topological polar surface area (TPSA) is 60.3 Å². The largest absolute Gasteiger partial charge is 0.467 e. The number of amides is 1. The smallest absolute Gasteiger partial charge is 0.328 e. The maximum Gasteiger partial charge on any atom is 0.328 e. The van der Waals surface area contributed by atoms with Crippen LogP contribution in [0.15, 0.2) is 60.8 Å². The zero-order valence-electron chi connectivity index (χ0n) is 14.2. The van der Waals surface area contributed by atoms with E-state index in [2.05, 4.69) is 5.32 Å². The number of nitrogens with zero attached hydrogens (tertiary/aromatic N) is 1. The molecule has 1 amide bonds. The number of ether oxygens (including phenoxy) is 1. The minimum atomic E-state index is -0.737. The Hall–Kier alpha value is -3.08. The van der Waals surface area contributed by atoms with E-state index in [1.54, 1.807) is 6.20 Å². The van der Waals surface area contributed by atoms with E-state index in [-0.39, 0.29) is 5.91 Å². The van der Waals surface area contributed by atoms with Gasteiger partial charge >= 0.3 is 5.97 Å². The summed E-state index contributed by atoms with van der Waals surface area (Å²) in [6.07, 6.45) is 2.15. The fourth-order valence-electron chi connectivity index (χ4n) is 2.94. The van der Waals surface area contributed by atoms with Gasteiger partial charge in [-0.1, -0.05) is 48.5 Å². The number of carbonyl (C=O) groups excluding carboxylic acids is 2. The number of aryl methyl sites for hydroxylation is 1. The second-order valence-electron chi connectivity index (χ2n) is 5.91. The number of hydrogen-bond acceptors (Lipinski definition) is 3. The molecule has 0 aliphatic rings. The van der Waals surface area contributed by atoms with Crippen LogP contribution in [0.25, 0.3) is 10.9 Å². The predicted molar refractivity (Wildman–Crippen MR) is 96.3 cm³/mol. The van der Waals surface area contributed by atoms with Gasteiger partial charge in [-0.3, -0.25) is 4.79 Å². The number of rotatable bonds is 5. The molecule has 2 aromatic carbocycles. The Kier molecular flexibility index (Phi) is 4.84. The highest BCUT2D eigenvalue weighted by atomic mass is 16.5. The summed E-state index contributed by atoms with van der Waals surface area (Å²) in [6, 6.07) is 16.5. The first-order valence-corrected chi connectivity index (χ1v) is 8.07. The number of esters is 1. The first kappa shape index (κ1) is 16.8. The minimum absolute atomic E-state index is 0.289. The van der Waals surface area contributed by atoms with Crippen LogP contribution in [0.1, 0.15) is 15.9 Å². The van der Waals surface area contributed by atoms with Gasteiger partial charge in [0.15, 0.2) is 0 Å². The van der Waals surface area contributed by atoms with E-state index in [9.17, 15) is 9.59 Å². The number of fused-ring (bicyclic) bond motifs is 1. The number of methoxy groups -OCH3 is 1. The molecule has 0 saturated heterocycles. The lowest BCUT2D eigenvalue weighted by Gasteiger charge is -2.16.